The van der Waals surface area contributed by atoms with Crippen LogP contribution in [0.1, 0.15) is 68.3 Å². The lowest BCUT2D eigenvalue weighted by Crippen LogP contribution is -2.44. The summed E-state index contributed by atoms with van der Waals surface area (Å²) in [7, 11) is 0. The summed E-state index contributed by atoms with van der Waals surface area (Å²) >= 11 is 0. The Kier molecular flexibility index (Phi) is 6.45. The number of piperidine rings is 1. The van der Waals surface area contributed by atoms with Crippen molar-refractivity contribution in [1.82, 2.24) is 15.1 Å². The van der Waals surface area contributed by atoms with Crippen LogP contribution in [0.25, 0.3) is 0 Å². The van der Waals surface area contributed by atoms with Crippen molar-refractivity contribution in [2.24, 2.45) is 11.8 Å². The van der Waals surface area contributed by atoms with Crippen LogP contribution >= 0.6 is 0 Å². The molecular formula is C25H34N4O4. The predicted molar refractivity (Wildman–Crippen MR) is 125 cm³/mol. The number of likely N-dealkylation sites (tertiary alicyclic amines) is 1. The second-order valence-corrected chi connectivity index (χ2v) is 10.2. The van der Waals surface area contributed by atoms with E-state index in [0.717, 1.165) is 42.8 Å². The predicted octanol–water partition coefficient (Wildman–Crippen LogP) is 3.31. The molecule has 8 nitrogen and oxygen atoms in total. The van der Waals surface area contributed by atoms with E-state index in [9.17, 15) is 19.2 Å². The summed E-state index contributed by atoms with van der Waals surface area (Å²) in [5, 5.41) is 5.69. The molecule has 2 atom stereocenters. The lowest BCUT2D eigenvalue weighted by atomic mass is 9.91. The minimum atomic E-state index is -0.762. The van der Waals surface area contributed by atoms with E-state index in [1.807, 2.05) is 17.9 Å². The van der Waals surface area contributed by atoms with Gasteiger partial charge < -0.3 is 15.5 Å². The maximum absolute atomic E-state index is 13.1. The van der Waals surface area contributed by atoms with Crippen LogP contribution in [0.15, 0.2) is 18.2 Å². The van der Waals surface area contributed by atoms with Crippen LogP contribution in [-0.2, 0) is 9.59 Å². The first kappa shape index (κ1) is 23.3. The first-order valence-corrected chi connectivity index (χ1v) is 12.0. The summed E-state index contributed by atoms with van der Waals surface area (Å²) in [6.07, 6.45) is 4.29. The number of carbonyl (C=O) groups excluding carboxylic acids is 4. The number of nitrogens with one attached hydrogen (secondary N) is 2. The average Bonchev–Trinajstić information content (AvgIpc) is 3.32. The Balaban J connectivity index is 1.38. The molecule has 1 aliphatic carbocycles. The van der Waals surface area contributed by atoms with E-state index in [1.54, 1.807) is 12.1 Å². The van der Waals surface area contributed by atoms with E-state index >= 15 is 0 Å². The van der Waals surface area contributed by atoms with Gasteiger partial charge in [0.05, 0.1) is 0 Å². The summed E-state index contributed by atoms with van der Waals surface area (Å²) < 4.78 is 0. The number of nitrogens with zero attached hydrogens (tertiary/aromatic N) is 2. The van der Waals surface area contributed by atoms with Gasteiger partial charge in [-0.25, -0.2) is 4.79 Å². The van der Waals surface area contributed by atoms with Crippen molar-refractivity contribution in [3.8, 4) is 0 Å². The van der Waals surface area contributed by atoms with E-state index in [2.05, 4.69) is 24.5 Å². The maximum Gasteiger partial charge on any atom is 0.325 e. The fourth-order valence-electron chi connectivity index (χ4n) is 5.52. The number of anilines is 1. The van der Waals surface area contributed by atoms with Crippen LogP contribution in [0, 0.1) is 18.8 Å². The van der Waals surface area contributed by atoms with Crippen LogP contribution in [0.2, 0.25) is 0 Å². The summed E-state index contributed by atoms with van der Waals surface area (Å²) in [6, 6.07) is 4.94. The summed E-state index contributed by atoms with van der Waals surface area (Å²) in [5.41, 5.74) is 1.21. The van der Waals surface area contributed by atoms with Gasteiger partial charge >= 0.3 is 6.03 Å². The number of aryl methyl sites for hydroxylation is 1. The third-order valence-corrected chi connectivity index (χ3v) is 7.18. The zero-order valence-electron chi connectivity index (χ0n) is 19.8. The molecule has 8 heteroatoms. The molecule has 2 saturated heterocycles. The molecule has 0 aromatic heterocycles. The molecule has 3 fully saturated rings. The molecule has 178 valence electrons. The summed E-state index contributed by atoms with van der Waals surface area (Å²) in [4.78, 5) is 53.8. The van der Waals surface area contributed by atoms with Crippen LogP contribution < -0.4 is 10.6 Å². The molecule has 1 spiro atoms. The lowest BCUT2D eigenvalue weighted by molar-refractivity contribution is -0.131. The molecule has 4 rings (SSSR count). The molecule has 3 aliphatic rings. The molecule has 2 heterocycles. The highest BCUT2D eigenvalue weighted by Gasteiger charge is 2.52. The highest BCUT2D eigenvalue weighted by molar-refractivity contribution is 6.07. The second kappa shape index (κ2) is 9.15. The molecule has 2 aliphatic heterocycles. The van der Waals surface area contributed by atoms with Crippen LogP contribution in [0.3, 0.4) is 0 Å². The Labute approximate surface area is 195 Å². The Morgan fingerprint density at radius 2 is 1.79 bits per heavy atom. The van der Waals surface area contributed by atoms with Crippen molar-refractivity contribution in [2.75, 3.05) is 25.0 Å². The number of benzene rings is 1. The number of amides is 5. The molecule has 5 amide bonds. The molecule has 0 bridgehead atoms. The van der Waals surface area contributed by atoms with Gasteiger partial charge in [0, 0.05) is 37.3 Å². The van der Waals surface area contributed by atoms with Crippen LogP contribution in [0.4, 0.5) is 10.5 Å². The van der Waals surface area contributed by atoms with Crippen molar-refractivity contribution in [3.63, 3.8) is 0 Å². The summed E-state index contributed by atoms with van der Waals surface area (Å²) in [5.74, 6) is 0.403. The van der Waals surface area contributed by atoms with Crippen molar-refractivity contribution in [2.45, 2.75) is 64.8 Å². The van der Waals surface area contributed by atoms with E-state index in [-0.39, 0.29) is 30.7 Å². The van der Waals surface area contributed by atoms with Crippen molar-refractivity contribution in [3.05, 3.63) is 29.3 Å². The minimum Gasteiger partial charge on any atom is -0.338 e. The topological polar surface area (TPSA) is 98.8 Å². The first-order valence-electron chi connectivity index (χ1n) is 12.0. The monoisotopic (exact) mass is 454 g/mol. The van der Waals surface area contributed by atoms with Gasteiger partial charge in [0.25, 0.3) is 11.8 Å². The fourth-order valence-corrected chi connectivity index (χ4v) is 5.52. The summed E-state index contributed by atoms with van der Waals surface area (Å²) in [6.45, 7) is 7.72. The molecule has 2 unspecified atom stereocenters. The Hall–Kier alpha value is -2.90. The smallest absolute Gasteiger partial charge is 0.325 e. The van der Waals surface area contributed by atoms with E-state index in [1.165, 1.54) is 0 Å². The molecular weight excluding hydrogens is 420 g/mol. The third kappa shape index (κ3) is 4.75. The van der Waals surface area contributed by atoms with Gasteiger partial charge in [0.1, 0.15) is 5.54 Å². The molecule has 0 radical (unpaired) electrons. The minimum absolute atomic E-state index is 0.00794. The van der Waals surface area contributed by atoms with E-state index in [0.29, 0.717) is 35.9 Å². The average molecular weight is 455 g/mol. The standard InChI is InChI=1S/C25H34N4O4/c1-16-12-17(2)15-28(14-16)22(31)19-7-6-18(3)20(13-19)26-21(30)8-11-29-23(32)25(27-24(29)33)9-4-5-10-25/h6-7,13,16-17H,4-5,8-12,14-15H2,1-3H3,(H,26,30)(H,27,33). The highest BCUT2D eigenvalue weighted by Crippen LogP contribution is 2.35. The van der Waals surface area contributed by atoms with Crippen LogP contribution in [0.5, 0.6) is 0 Å². The van der Waals surface area contributed by atoms with Crippen LogP contribution in [-0.4, -0.2) is 58.7 Å². The Bertz CT molecular complexity index is 959. The SMILES string of the molecule is Cc1ccc(C(=O)N2CC(C)CC(C)C2)cc1NC(=O)CCN1C(=O)NC2(CCCC2)C1=O. The Morgan fingerprint density at radius 1 is 1.12 bits per heavy atom. The number of carbonyl (C=O) groups is 4. The zero-order chi connectivity index (χ0) is 23.8. The fraction of sp³-hybridized carbons (Fsp3) is 0.600. The van der Waals surface area contributed by atoms with Gasteiger partial charge in [0.15, 0.2) is 0 Å². The van der Waals surface area contributed by atoms with Gasteiger partial charge in [-0.15, -0.1) is 0 Å². The number of hydrogen-bond donors (Lipinski definition) is 2. The van der Waals surface area contributed by atoms with Gasteiger partial charge in [-0.1, -0.05) is 32.8 Å². The highest BCUT2D eigenvalue weighted by atomic mass is 16.2. The molecule has 1 saturated carbocycles. The van der Waals surface area contributed by atoms with Gasteiger partial charge in [-0.2, -0.15) is 0 Å². The van der Waals surface area contributed by atoms with E-state index < -0.39 is 11.6 Å². The van der Waals surface area contributed by atoms with Gasteiger partial charge in [0.2, 0.25) is 5.91 Å². The molecule has 2 N–H and O–H groups in total. The zero-order valence-corrected chi connectivity index (χ0v) is 19.8. The normalized spacial score (nSPS) is 24.3. The maximum atomic E-state index is 13.1. The lowest BCUT2D eigenvalue weighted by Gasteiger charge is -2.35. The largest absolute Gasteiger partial charge is 0.338 e. The number of imide groups is 1. The number of urea groups is 1. The number of rotatable bonds is 5. The van der Waals surface area contributed by atoms with Gasteiger partial charge in [-0.05, 0) is 55.7 Å². The van der Waals surface area contributed by atoms with Crippen molar-refractivity contribution < 1.29 is 19.2 Å². The van der Waals surface area contributed by atoms with Crippen molar-refractivity contribution in [1.29, 1.82) is 0 Å². The number of hydrogen-bond acceptors (Lipinski definition) is 4. The van der Waals surface area contributed by atoms with Crippen molar-refractivity contribution >= 4 is 29.4 Å². The molecule has 1 aromatic rings. The van der Waals surface area contributed by atoms with E-state index in [4.69, 9.17) is 0 Å². The quantitative estimate of drug-likeness (QED) is 0.667. The second-order valence-electron chi connectivity index (χ2n) is 10.2. The molecule has 33 heavy (non-hydrogen) atoms. The van der Waals surface area contributed by atoms with Gasteiger partial charge in [-0.3, -0.25) is 19.3 Å². The Morgan fingerprint density at radius 3 is 2.45 bits per heavy atom. The third-order valence-electron chi connectivity index (χ3n) is 7.18. The molecule has 1 aromatic carbocycles. The first-order chi connectivity index (χ1) is 15.7.